The van der Waals surface area contributed by atoms with Gasteiger partial charge in [-0.05, 0) is 49.6 Å². The highest BCUT2D eigenvalue weighted by Crippen LogP contribution is 2.34. The number of carbonyl (C=O) groups excluding carboxylic acids is 1. The molecular weight excluding hydrogens is 280 g/mol. The number of thioether (sulfide) groups is 1. The number of carbonyl (C=O) groups is 1. The van der Waals surface area contributed by atoms with Crippen LogP contribution in [0.2, 0.25) is 0 Å². The third-order valence-corrected chi connectivity index (χ3v) is 5.26. The zero-order valence-electron chi connectivity index (χ0n) is 12.8. The first-order valence-corrected chi connectivity index (χ1v) is 9.12. The van der Waals surface area contributed by atoms with E-state index in [2.05, 4.69) is 35.8 Å². The van der Waals surface area contributed by atoms with Crippen LogP contribution in [0.3, 0.4) is 0 Å². The third-order valence-electron chi connectivity index (χ3n) is 4.51. The molecule has 1 aromatic rings. The number of rotatable bonds is 6. The minimum atomic E-state index is -0.0730. The molecule has 1 aromatic carbocycles. The monoisotopic (exact) mass is 304 g/mol. The first-order valence-electron chi connectivity index (χ1n) is 7.89. The highest BCUT2D eigenvalue weighted by molar-refractivity contribution is 7.98. The molecule has 21 heavy (non-hydrogen) atoms. The maximum absolute atomic E-state index is 12.4. The summed E-state index contributed by atoms with van der Waals surface area (Å²) in [6.07, 6.45) is 7.31. The van der Waals surface area contributed by atoms with Crippen molar-refractivity contribution in [1.29, 1.82) is 0 Å². The summed E-state index contributed by atoms with van der Waals surface area (Å²) < 4.78 is 0. The summed E-state index contributed by atoms with van der Waals surface area (Å²) in [5.41, 5.74) is 1.19. The van der Waals surface area contributed by atoms with E-state index in [1.54, 1.807) is 11.8 Å². The molecule has 2 unspecified atom stereocenters. The second kappa shape index (κ2) is 6.41. The lowest BCUT2D eigenvalue weighted by molar-refractivity contribution is -0.129. The van der Waals surface area contributed by atoms with E-state index in [9.17, 15) is 4.79 Å². The van der Waals surface area contributed by atoms with Gasteiger partial charge in [0.25, 0.3) is 0 Å². The summed E-state index contributed by atoms with van der Waals surface area (Å²) in [7, 11) is 0. The van der Waals surface area contributed by atoms with Crippen LogP contribution < -0.4 is 5.32 Å². The summed E-state index contributed by atoms with van der Waals surface area (Å²) in [5.74, 6) is 1.18. The fourth-order valence-electron chi connectivity index (χ4n) is 3.03. The molecule has 0 aromatic heterocycles. The van der Waals surface area contributed by atoms with Crippen LogP contribution in [0.25, 0.3) is 0 Å². The van der Waals surface area contributed by atoms with Crippen LogP contribution >= 0.6 is 11.8 Å². The lowest BCUT2D eigenvalue weighted by atomic mass is 10.1. The van der Waals surface area contributed by atoms with Gasteiger partial charge in [0.15, 0.2) is 0 Å². The average Bonchev–Trinajstić information content (AvgIpc) is 3.29. The van der Waals surface area contributed by atoms with Gasteiger partial charge in [-0.15, -0.1) is 11.8 Å². The maximum atomic E-state index is 12.4. The summed E-state index contributed by atoms with van der Waals surface area (Å²) in [6, 6.07) is 8.48. The SMILES string of the molecule is CSc1ccc(C2NC(C)C(=O)N2CCCC2CC2)cc1. The highest BCUT2D eigenvalue weighted by Gasteiger charge is 2.36. The summed E-state index contributed by atoms with van der Waals surface area (Å²) in [5, 5.41) is 3.43. The van der Waals surface area contributed by atoms with Crippen molar-refractivity contribution in [1.82, 2.24) is 10.2 Å². The predicted octanol–water partition coefficient (Wildman–Crippen LogP) is 3.42. The van der Waals surface area contributed by atoms with E-state index < -0.39 is 0 Å². The third kappa shape index (κ3) is 3.43. The van der Waals surface area contributed by atoms with Crippen LogP contribution in [0.1, 0.15) is 44.3 Å². The molecule has 0 bridgehead atoms. The van der Waals surface area contributed by atoms with E-state index in [1.807, 2.05) is 11.8 Å². The van der Waals surface area contributed by atoms with E-state index in [-0.39, 0.29) is 18.1 Å². The smallest absolute Gasteiger partial charge is 0.241 e. The Labute approximate surface area is 131 Å². The molecule has 3 nitrogen and oxygen atoms in total. The molecule has 0 spiro atoms. The molecule has 1 amide bonds. The molecule has 1 heterocycles. The van der Waals surface area contributed by atoms with Crippen LogP contribution in [0.15, 0.2) is 29.2 Å². The first kappa shape index (κ1) is 14.9. The Hall–Kier alpha value is -1.00. The number of hydrogen-bond donors (Lipinski definition) is 1. The largest absolute Gasteiger partial charge is 0.322 e. The topological polar surface area (TPSA) is 32.3 Å². The molecule has 1 saturated heterocycles. The fourth-order valence-corrected chi connectivity index (χ4v) is 3.44. The van der Waals surface area contributed by atoms with Gasteiger partial charge < -0.3 is 4.90 Å². The average molecular weight is 304 g/mol. The Morgan fingerprint density at radius 2 is 2.00 bits per heavy atom. The van der Waals surface area contributed by atoms with Gasteiger partial charge in [0.05, 0.1) is 6.04 Å². The molecule has 1 aliphatic heterocycles. The van der Waals surface area contributed by atoms with Gasteiger partial charge in [-0.2, -0.15) is 0 Å². The molecule has 2 fully saturated rings. The number of amides is 1. The van der Waals surface area contributed by atoms with Crippen molar-refractivity contribution < 1.29 is 4.79 Å². The highest BCUT2D eigenvalue weighted by atomic mass is 32.2. The van der Waals surface area contributed by atoms with Crippen molar-refractivity contribution in [3.05, 3.63) is 29.8 Å². The van der Waals surface area contributed by atoms with Crippen molar-refractivity contribution in [2.75, 3.05) is 12.8 Å². The molecule has 114 valence electrons. The van der Waals surface area contributed by atoms with Crippen LogP contribution in [0, 0.1) is 5.92 Å². The Balaban J connectivity index is 1.68. The molecule has 1 aliphatic carbocycles. The quantitative estimate of drug-likeness (QED) is 0.817. The van der Waals surface area contributed by atoms with E-state index in [0.717, 1.165) is 18.9 Å². The van der Waals surface area contributed by atoms with E-state index in [1.165, 1.54) is 29.7 Å². The van der Waals surface area contributed by atoms with Gasteiger partial charge in [0.1, 0.15) is 6.17 Å². The van der Waals surface area contributed by atoms with E-state index in [0.29, 0.717) is 0 Å². The Morgan fingerprint density at radius 1 is 1.29 bits per heavy atom. The summed E-state index contributed by atoms with van der Waals surface area (Å²) in [4.78, 5) is 15.7. The van der Waals surface area contributed by atoms with Crippen molar-refractivity contribution in [3.8, 4) is 0 Å². The van der Waals surface area contributed by atoms with Gasteiger partial charge in [-0.3, -0.25) is 10.1 Å². The zero-order chi connectivity index (χ0) is 14.8. The second-order valence-electron chi connectivity index (χ2n) is 6.18. The molecule has 2 aliphatic rings. The second-order valence-corrected chi connectivity index (χ2v) is 7.06. The number of nitrogens with zero attached hydrogens (tertiary/aromatic N) is 1. The number of hydrogen-bond acceptors (Lipinski definition) is 3. The lowest BCUT2D eigenvalue weighted by Gasteiger charge is -2.24. The Bertz CT molecular complexity index is 498. The molecule has 1 saturated carbocycles. The minimum absolute atomic E-state index is 0.0441. The van der Waals surface area contributed by atoms with Gasteiger partial charge in [0.2, 0.25) is 5.91 Å². The van der Waals surface area contributed by atoms with Gasteiger partial charge >= 0.3 is 0 Å². The van der Waals surface area contributed by atoms with Crippen molar-refractivity contribution >= 4 is 17.7 Å². The minimum Gasteiger partial charge on any atom is -0.322 e. The fraction of sp³-hybridized carbons (Fsp3) is 0.588. The normalized spacial score (nSPS) is 25.6. The molecule has 1 N–H and O–H groups in total. The van der Waals surface area contributed by atoms with Gasteiger partial charge in [0, 0.05) is 11.4 Å². The predicted molar refractivity (Wildman–Crippen MR) is 87.2 cm³/mol. The van der Waals surface area contributed by atoms with Crippen LogP contribution in [-0.2, 0) is 4.79 Å². The van der Waals surface area contributed by atoms with E-state index in [4.69, 9.17) is 0 Å². The van der Waals surface area contributed by atoms with Crippen LogP contribution in [-0.4, -0.2) is 29.6 Å². The molecule has 3 rings (SSSR count). The Kier molecular flexibility index (Phi) is 4.55. The number of nitrogens with one attached hydrogen (secondary N) is 1. The molecule has 0 radical (unpaired) electrons. The number of benzene rings is 1. The van der Waals surface area contributed by atoms with E-state index >= 15 is 0 Å². The zero-order valence-corrected chi connectivity index (χ0v) is 13.7. The summed E-state index contributed by atoms with van der Waals surface area (Å²) in [6.45, 7) is 2.84. The van der Waals surface area contributed by atoms with Crippen LogP contribution in [0.4, 0.5) is 0 Å². The maximum Gasteiger partial charge on any atom is 0.241 e. The van der Waals surface area contributed by atoms with Crippen molar-refractivity contribution in [2.24, 2.45) is 5.92 Å². The first-order chi connectivity index (χ1) is 10.2. The molecule has 4 heteroatoms. The molecular formula is C17H24N2OS. The standard InChI is InChI=1S/C17H24N2OS/c1-12-17(20)19(11-3-4-13-5-6-13)16(18-12)14-7-9-15(21-2)10-8-14/h7-10,12-13,16,18H,3-6,11H2,1-2H3. The van der Waals surface area contributed by atoms with Crippen molar-refractivity contribution in [3.63, 3.8) is 0 Å². The van der Waals surface area contributed by atoms with Gasteiger partial charge in [-0.25, -0.2) is 0 Å². The summed E-state index contributed by atoms with van der Waals surface area (Å²) >= 11 is 1.75. The van der Waals surface area contributed by atoms with Crippen LogP contribution in [0.5, 0.6) is 0 Å². The lowest BCUT2D eigenvalue weighted by Crippen LogP contribution is -2.31. The Morgan fingerprint density at radius 3 is 2.62 bits per heavy atom. The van der Waals surface area contributed by atoms with Gasteiger partial charge in [-0.1, -0.05) is 25.0 Å². The van der Waals surface area contributed by atoms with Crippen molar-refractivity contribution in [2.45, 2.75) is 49.7 Å². The molecule has 2 atom stereocenters.